The molecule has 1 aliphatic rings. The molecular formula is C20H20N2Si. The van der Waals surface area contributed by atoms with Crippen molar-refractivity contribution in [2.45, 2.75) is 19.5 Å². The van der Waals surface area contributed by atoms with Crippen LogP contribution in [0.1, 0.15) is 5.56 Å². The van der Waals surface area contributed by atoms with Crippen LogP contribution in [0, 0.1) is 0 Å². The molecule has 23 heavy (non-hydrogen) atoms. The zero-order valence-corrected chi connectivity index (χ0v) is 14.5. The first-order chi connectivity index (χ1) is 11.2. The fraction of sp³-hybridized carbons (Fsp3) is 0.150. The Bertz CT molecular complexity index is 885. The second-order valence-electron chi connectivity index (χ2n) is 6.53. The average molecular weight is 316 g/mol. The number of fused-ring (bicyclic) bond motifs is 3. The Labute approximate surface area is 138 Å². The molecule has 0 atom stereocenters. The Hall–Kier alpha value is -2.39. The van der Waals surface area contributed by atoms with E-state index >= 15 is 0 Å². The van der Waals surface area contributed by atoms with E-state index < -0.39 is 8.24 Å². The lowest BCUT2D eigenvalue weighted by atomic mass is 10.0. The van der Waals surface area contributed by atoms with Crippen LogP contribution >= 0.6 is 0 Å². The minimum Gasteiger partial charge on any atom is -0.369 e. The van der Waals surface area contributed by atoms with Crippen molar-refractivity contribution >= 4 is 30.0 Å². The highest BCUT2D eigenvalue weighted by Gasteiger charge is 2.34. The molecular weight excluding hydrogens is 296 g/mol. The van der Waals surface area contributed by atoms with Crippen molar-refractivity contribution < 1.29 is 0 Å². The van der Waals surface area contributed by atoms with Crippen LogP contribution in [0.5, 0.6) is 0 Å². The monoisotopic (exact) mass is 316 g/mol. The summed E-state index contributed by atoms with van der Waals surface area (Å²) in [5.41, 5.74) is 3.78. The van der Waals surface area contributed by atoms with Gasteiger partial charge in [-0.25, -0.2) is 0 Å². The van der Waals surface area contributed by atoms with Crippen molar-refractivity contribution in [1.29, 1.82) is 0 Å². The molecule has 0 fully saturated rings. The molecule has 0 bridgehead atoms. The van der Waals surface area contributed by atoms with Crippen molar-refractivity contribution in [1.82, 2.24) is 4.98 Å². The first kappa shape index (κ1) is 14.2. The van der Waals surface area contributed by atoms with E-state index in [0.717, 1.165) is 11.9 Å². The van der Waals surface area contributed by atoms with Gasteiger partial charge in [0.1, 0.15) is 0 Å². The maximum absolute atomic E-state index is 4.70. The van der Waals surface area contributed by atoms with Gasteiger partial charge in [0, 0.05) is 11.6 Å². The molecule has 1 aliphatic heterocycles. The van der Waals surface area contributed by atoms with Crippen molar-refractivity contribution in [3.8, 4) is 0 Å². The minimum absolute atomic E-state index is 0.984. The van der Waals surface area contributed by atoms with Crippen LogP contribution in [0.25, 0.3) is 10.9 Å². The number of benzene rings is 2. The number of pyridine rings is 1. The number of anilines is 1. The predicted octanol–water partition coefficient (Wildman–Crippen LogP) is 4.22. The second kappa shape index (κ2) is 5.35. The number of hydrogen-bond acceptors (Lipinski definition) is 2. The molecule has 0 saturated heterocycles. The summed E-state index contributed by atoms with van der Waals surface area (Å²) in [6.07, 6.45) is 7.43. The summed E-state index contributed by atoms with van der Waals surface area (Å²) in [7, 11) is -1.84. The van der Waals surface area contributed by atoms with Gasteiger partial charge in [0.2, 0.25) is 0 Å². The summed E-state index contributed by atoms with van der Waals surface area (Å²) in [5, 5.41) is 2.65. The molecule has 2 aromatic carbocycles. The normalized spacial score (nSPS) is 14.1. The molecule has 1 aromatic heterocycles. The summed E-state index contributed by atoms with van der Waals surface area (Å²) < 4.78 is 2.51. The Morgan fingerprint density at radius 2 is 1.78 bits per heavy atom. The summed E-state index contributed by atoms with van der Waals surface area (Å²) >= 11 is 0. The van der Waals surface area contributed by atoms with Crippen molar-refractivity contribution in [2.75, 3.05) is 4.57 Å². The van der Waals surface area contributed by atoms with Crippen LogP contribution in [0.2, 0.25) is 13.1 Å². The zero-order chi connectivity index (χ0) is 15.9. The summed E-state index contributed by atoms with van der Waals surface area (Å²) in [4.78, 5) is 4.70. The van der Waals surface area contributed by atoms with Gasteiger partial charge in [0.25, 0.3) is 0 Å². The smallest absolute Gasteiger partial charge is 0.187 e. The highest BCUT2D eigenvalue weighted by Crippen LogP contribution is 2.35. The molecule has 0 spiro atoms. The molecule has 0 amide bonds. The third-order valence-corrected chi connectivity index (χ3v) is 8.07. The fourth-order valence-electron chi connectivity index (χ4n) is 3.42. The SMILES string of the molecule is C[Si](C)(c1ccccc1)N1C=CCc2ccc3cccnc3c21. The van der Waals surface area contributed by atoms with Gasteiger partial charge in [0.05, 0.1) is 11.2 Å². The van der Waals surface area contributed by atoms with E-state index in [1.54, 1.807) is 0 Å². The van der Waals surface area contributed by atoms with Gasteiger partial charge in [-0.1, -0.05) is 54.6 Å². The maximum atomic E-state index is 4.70. The topological polar surface area (TPSA) is 16.1 Å². The van der Waals surface area contributed by atoms with E-state index in [1.165, 1.54) is 21.8 Å². The minimum atomic E-state index is -1.84. The lowest BCUT2D eigenvalue weighted by Gasteiger charge is -2.39. The number of rotatable bonds is 2. The first-order valence-corrected chi connectivity index (χ1v) is 11.0. The molecule has 2 heterocycles. The molecule has 0 aliphatic carbocycles. The quantitative estimate of drug-likeness (QED) is 0.658. The fourth-order valence-corrected chi connectivity index (χ4v) is 5.99. The molecule has 0 unspecified atom stereocenters. The maximum Gasteiger partial charge on any atom is 0.187 e. The van der Waals surface area contributed by atoms with Gasteiger partial charge < -0.3 is 4.57 Å². The Balaban J connectivity index is 1.94. The third kappa shape index (κ3) is 2.28. The third-order valence-electron chi connectivity index (χ3n) is 4.75. The van der Waals surface area contributed by atoms with Crippen LogP contribution in [0.3, 0.4) is 0 Å². The van der Waals surface area contributed by atoms with Gasteiger partial charge in [-0.15, -0.1) is 0 Å². The van der Waals surface area contributed by atoms with Gasteiger partial charge in [0.15, 0.2) is 8.24 Å². The molecule has 0 N–H and O–H groups in total. The summed E-state index contributed by atoms with van der Waals surface area (Å²) in [5.74, 6) is 0. The molecule has 0 radical (unpaired) electrons. The average Bonchev–Trinajstić information content (AvgIpc) is 2.61. The van der Waals surface area contributed by atoms with E-state index in [9.17, 15) is 0 Å². The summed E-state index contributed by atoms with van der Waals surface area (Å²) in [6, 6.07) is 19.5. The summed E-state index contributed by atoms with van der Waals surface area (Å²) in [6.45, 7) is 4.81. The lowest BCUT2D eigenvalue weighted by molar-refractivity contribution is 1.16. The van der Waals surface area contributed by atoms with Crippen LogP contribution in [-0.2, 0) is 6.42 Å². The van der Waals surface area contributed by atoms with Gasteiger partial charge >= 0.3 is 0 Å². The van der Waals surface area contributed by atoms with Gasteiger partial charge in [-0.05, 0) is 42.5 Å². The van der Waals surface area contributed by atoms with Crippen LogP contribution in [-0.4, -0.2) is 13.2 Å². The number of nitrogens with zero attached hydrogens (tertiary/aromatic N) is 2. The van der Waals surface area contributed by atoms with Crippen LogP contribution in [0.4, 0.5) is 5.69 Å². The predicted molar refractivity (Wildman–Crippen MR) is 101 cm³/mol. The van der Waals surface area contributed by atoms with Crippen LogP contribution in [0.15, 0.2) is 73.1 Å². The highest BCUT2D eigenvalue weighted by atomic mass is 28.3. The lowest BCUT2D eigenvalue weighted by Crippen LogP contribution is -2.56. The number of hydrogen-bond donors (Lipinski definition) is 0. The van der Waals surface area contributed by atoms with Crippen LogP contribution < -0.4 is 9.75 Å². The molecule has 3 heteroatoms. The van der Waals surface area contributed by atoms with E-state index in [4.69, 9.17) is 4.98 Å². The van der Waals surface area contributed by atoms with Crippen molar-refractivity contribution in [3.05, 3.63) is 78.6 Å². The molecule has 3 aromatic rings. The van der Waals surface area contributed by atoms with Gasteiger partial charge in [-0.2, -0.15) is 0 Å². The number of allylic oxidation sites excluding steroid dienone is 1. The largest absolute Gasteiger partial charge is 0.369 e. The molecule has 114 valence electrons. The molecule has 4 rings (SSSR count). The Kier molecular flexibility index (Phi) is 3.31. The van der Waals surface area contributed by atoms with E-state index in [2.05, 4.69) is 78.5 Å². The van der Waals surface area contributed by atoms with Crippen molar-refractivity contribution in [3.63, 3.8) is 0 Å². The van der Waals surface area contributed by atoms with Gasteiger partial charge in [-0.3, -0.25) is 4.98 Å². The van der Waals surface area contributed by atoms with E-state index in [0.29, 0.717) is 0 Å². The second-order valence-corrected chi connectivity index (χ2v) is 10.7. The molecule has 2 nitrogen and oxygen atoms in total. The first-order valence-electron chi connectivity index (χ1n) is 8.06. The van der Waals surface area contributed by atoms with Crippen molar-refractivity contribution in [2.24, 2.45) is 0 Å². The van der Waals surface area contributed by atoms with E-state index in [1.807, 2.05) is 12.3 Å². The zero-order valence-electron chi connectivity index (χ0n) is 13.5. The van der Waals surface area contributed by atoms with E-state index in [-0.39, 0.29) is 0 Å². The standard InChI is InChI=1S/C20H20N2Si/c1-23(2,18-10-4-3-5-11-18)22-15-7-9-17-13-12-16-8-6-14-21-19(16)20(17)22/h3-8,10-15H,9H2,1-2H3. The molecule has 0 saturated carbocycles. The Morgan fingerprint density at radius 3 is 2.61 bits per heavy atom. The Morgan fingerprint density at radius 1 is 0.957 bits per heavy atom. The number of aromatic nitrogens is 1. The highest BCUT2D eigenvalue weighted by molar-refractivity contribution is 6.93.